The molecule has 7 heteroatoms. The summed E-state index contributed by atoms with van der Waals surface area (Å²) >= 11 is 0. The summed E-state index contributed by atoms with van der Waals surface area (Å²) in [5.74, 6) is 2.11. The van der Waals surface area contributed by atoms with E-state index >= 15 is 0 Å². The van der Waals surface area contributed by atoms with Crippen LogP contribution in [-0.2, 0) is 0 Å². The van der Waals surface area contributed by atoms with Crippen LogP contribution < -0.4 is 20.1 Å². The van der Waals surface area contributed by atoms with Crippen LogP contribution in [0.25, 0.3) is 0 Å². The van der Waals surface area contributed by atoms with Gasteiger partial charge in [-0.3, -0.25) is 4.79 Å². The van der Waals surface area contributed by atoms with Gasteiger partial charge in [0, 0.05) is 18.2 Å². The topological polar surface area (TPSA) is 85.4 Å². The average molecular weight is 344 g/mol. The van der Waals surface area contributed by atoms with E-state index in [9.17, 15) is 4.79 Å². The molecule has 0 aliphatic heterocycles. The lowest BCUT2D eigenvalue weighted by atomic mass is 10.2. The molecule has 0 aliphatic rings. The number of nitrogens with zero attached hydrogens (tertiary/aromatic N) is 2. The fraction of sp³-hybridized carbons (Fsp3) is 0.389. The molecule has 2 N–H and O–H groups in total. The summed E-state index contributed by atoms with van der Waals surface area (Å²) in [4.78, 5) is 20.9. The number of benzene rings is 1. The first-order valence-corrected chi connectivity index (χ1v) is 8.12. The number of anilines is 2. The third-order valence-electron chi connectivity index (χ3n) is 3.73. The van der Waals surface area contributed by atoms with Gasteiger partial charge in [0.1, 0.15) is 28.8 Å². The number of aromatic nitrogens is 2. The van der Waals surface area contributed by atoms with Crippen LogP contribution in [0.4, 0.5) is 11.5 Å². The Morgan fingerprint density at radius 3 is 2.60 bits per heavy atom. The first-order valence-electron chi connectivity index (χ1n) is 8.12. The van der Waals surface area contributed by atoms with Crippen molar-refractivity contribution in [2.75, 3.05) is 19.5 Å². The second kappa shape index (κ2) is 8.32. The maximum Gasteiger partial charge on any atom is 0.270 e. The normalized spacial score (nSPS) is 11.6. The number of hydrogen-bond donors (Lipinski definition) is 2. The zero-order valence-electron chi connectivity index (χ0n) is 15.2. The molecule has 0 saturated carbocycles. The largest absolute Gasteiger partial charge is 0.497 e. The monoisotopic (exact) mass is 344 g/mol. The number of amides is 1. The maximum absolute atomic E-state index is 12.3. The number of hydrogen-bond acceptors (Lipinski definition) is 6. The maximum atomic E-state index is 12.3. The van der Waals surface area contributed by atoms with Crippen LogP contribution >= 0.6 is 0 Å². The Morgan fingerprint density at radius 1 is 1.20 bits per heavy atom. The molecule has 1 aromatic carbocycles. The van der Waals surface area contributed by atoms with E-state index in [2.05, 4.69) is 20.6 Å². The summed E-state index contributed by atoms with van der Waals surface area (Å²) in [7, 11) is 3.18. The van der Waals surface area contributed by atoms with Gasteiger partial charge in [-0.25, -0.2) is 9.97 Å². The molecule has 7 nitrogen and oxygen atoms in total. The molecular formula is C18H24N4O3. The molecule has 0 fully saturated rings. The van der Waals surface area contributed by atoms with Gasteiger partial charge in [-0.1, -0.05) is 6.92 Å². The van der Waals surface area contributed by atoms with Crippen LogP contribution in [0.2, 0.25) is 0 Å². The zero-order valence-corrected chi connectivity index (χ0v) is 15.2. The molecule has 1 atom stereocenters. The Morgan fingerprint density at radius 2 is 1.96 bits per heavy atom. The molecule has 1 amide bonds. The highest BCUT2D eigenvalue weighted by Gasteiger charge is 2.14. The molecular weight excluding hydrogens is 320 g/mol. The van der Waals surface area contributed by atoms with Crippen molar-refractivity contribution < 1.29 is 14.3 Å². The molecule has 1 aromatic heterocycles. The summed E-state index contributed by atoms with van der Waals surface area (Å²) < 4.78 is 10.6. The van der Waals surface area contributed by atoms with E-state index in [4.69, 9.17) is 9.47 Å². The minimum absolute atomic E-state index is 0.0812. The van der Waals surface area contributed by atoms with Gasteiger partial charge in [-0.2, -0.15) is 0 Å². The van der Waals surface area contributed by atoms with Crippen LogP contribution in [0.15, 0.2) is 24.3 Å². The number of carbonyl (C=O) groups excluding carboxylic acids is 1. The fourth-order valence-electron chi connectivity index (χ4n) is 2.20. The molecule has 2 rings (SSSR count). The Hall–Kier alpha value is -2.83. The van der Waals surface area contributed by atoms with E-state index < -0.39 is 0 Å². The van der Waals surface area contributed by atoms with Gasteiger partial charge in [-0.05, 0) is 32.4 Å². The van der Waals surface area contributed by atoms with Crippen LogP contribution in [0, 0.1) is 6.92 Å². The molecule has 0 saturated heterocycles. The smallest absolute Gasteiger partial charge is 0.270 e. The van der Waals surface area contributed by atoms with Crippen molar-refractivity contribution in [3.05, 3.63) is 35.8 Å². The highest BCUT2D eigenvalue weighted by atomic mass is 16.5. The Kier molecular flexibility index (Phi) is 6.16. The number of nitrogens with one attached hydrogen (secondary N) is 2. The van der Waals surface area contributed by atoms with Crippen LogP contribution in [0.1, 0.15) is 36.6 Å². The highest BCUT2D eigenvalue weighted by Crippen LogP contribution is 2.31. The summed E-state index contributed by atoms with van der Waals surface area (Å²) in [6, 6.07) is 7.10. The number of carbonyl (C=O) groups is 1. The number of methoxy groups -OCH3 is 2. The fourth-order valence-corrected chi connectivity index (χ4v) is 2.20. The lowest BCUT2D eigenvalue weighted by Gasteiger charge is -2.14. The average Bonchev–Trinajstić information content (AvgIpc) is 2.60. The van der Waals surface area contributed by atoms with Crippen molar-refractivity contribution >= 4 is 17.4 Å². The molecule has 1 unspecified atom stereocenters. The van der Waals surface area contributed by atoms with Gasteiger partial charge in [-0.15, -0.1) is 0 Å². The van der Waals surface area contributed by atoms with Crippen molar-refractivity contribution in [2.45, 2.75) is 33.2 Å². The van der Waals surface area contributed by atoms with E-state index in [0.29, 0.717) is 34.5 Å². The Balaban J connectivity index is 2.30. The summed E-state index contributed by atoms with van der Waals surface area (Å²) in [6.45, 7) is 5.71. The first kappa shape index (κ1) is 18.5. The molecule has 0 bridgehead atoms. The summed E-state index contributed by atoms with van der Waals surface area (Å²) in [6.07, 6.45) is 0.849. The summed E-state index contributed by atoms with van der Waals surface area (Å²) in [5.41, 5.74) is 1.00. The molecule has 0 radical (unpaired) electrons. The van der Waals surface area contributed by atoms with E-state index in [1.807, 2.05) is 13.8 Å². The molecule has 25 heavy (non-hydrogen) atoms. The zero-order chi connectivity index (χ0) is 18.4. The lowest BCUT2D eigenvalue weighted by Crippen LogP contribution is -2.32. The van der Waals surface area contributed by atoms with Gasteiger partial charge in [0.25, 0.3) is 5.91 Å². The van der Waals surface area contributed by atoms with Crippen molar-refractivity contribution in [1.29, 1.82) is 0 Å². The quantitative estimate of drug-likeness (QED) is 0.803. The molecule has 1 heterocycles. The van der Waals surface area contributed by atoms with E-state index in [-0.39, 0.29) is 11.9 Å². The standard InChI is InChI=1S/C18H24N4O3/c1-6-11(2)19-18(23)15-10-17(21-12(3)20-15)22-14-9-13(24-4)7-8-16(14)25-5/h7-11H,6H2,1-5H3,(H,19,23)(H,20,21,22). The third-order valence-corrected chi connectivity index (χ3v) is 3.73. The van der Waals surface area contributed by atoms with Gasteiger partial charge in [0.05, 0.1) is 19.9 Å². The van der Waals surface area contributed by atoms with Gasteiger partial charge in [0.2, 0.25) is 0 Å². The van der Waals surface area contributed by atoms with E-state index in [1.54, 1.807) is 45.4 Å². The van der Waals surface area contributed by atoms with Crippen LogP contribution in [0.5, 0.6) is 11.5 Å². The van der Waals surface area contributed by atoms with Crippen LogP contribution in [-0.4, -0.2) is 36.1 Å². The second-order valence-corrected chi connectivity index (χ2v) is 5.66. The SMILES string of the molecule is CCC(C)NC(=O)c1cc(Nc2cc(OC)ccc2OC)nc(C)n1. The molecule has 0 spiro atoms. The van der Waals surface area contributed by atoms with Gasteiger partial charge in [0.15, 0.2) is 0 Å². The predicted octanol–water partition coefficient (Wildman–Crippen LogP) is 3.07. The Bertz CT molecular complexity index is 749. The van der Waals surface area contributed by atoms with Crippen molar-refractivity contribution in [3.8, 4) is 11.5 Å². The highest BCUT2D eigenvalue weighted by molar-refractivity contribution is 5.93. The predicted molar refractivity (Wildman–Crippen MR) is 96.8 cm³/mol. The Labute approximate surface area is 147 Å². The second-order valence-electron chi connectivity index (χ2n) is 5.66. The van der Waals surface area contributed by atoms with Crippen molar-refractivity contribution in [3.63, 3.8) is 0 Å². The van der Waals surface area contributed by atoms with E-state index in [1.165, 1.54) is 0 Å². The van der Waals surface area contributed by atoms with Crippen LogP contribution in [0.3, 0.4) is 0 Å². The minimum atomic E-state index is -0.222. The molecule has 0 aliphatic carbocycles. The minimum Gasteiger partial charge on any atom is -0.497 e. The molecule has 2 aromatic rings. The first-order chi connectivity index (χ1) is 12.0. The van der Waals surface area contributed by atoms with Crippen molar-refractivity contribution in [1.82, 2.24) is 15.3 Å². The van der Waals surface area contributed by atoms with Crippen molar-refractivity contribution in [2.24, 2.45) is 0 Å². The molecule has 134 valence electrons. The number of ether oxygens (including phenoxy) is 2. The number of rotatable bonds is 7. The van der Waals surface area contributed by atoms with E-state index in [0.717, 1.165) is 6.42 Å². The number of aryl methyl sites for hydroxylation is 1. The van der Waals surface area contributed by atoms with Gasteiger partial charge >= 0.3 is 0 Å². The lowest BCUT2D eigenvalue weighted by molar-refractivity contribution is 0.0934. The third kappa shape index (κ3) is 4.82. The van der Waals surface area contributed by atoms with Gasteiger partial charge < -0.3 is 20.1 Å². The summed E-state index contributed by atoms with van der Waals surface area (Å²) in [5, 5.41) is 6.07.